The molecule has 0 saturated carbocycles. The zero-order valence-corrected chi connectivity index (χ0v) is 16.3. The zero-order valence-electron chi connectivity index (χ0n) is 15.5. The van der Waals surface area contributed by atoms with Crippen LogP contribution < -0.4 is 10.3 Å². The van der Waals surface area contributed by atoms with Crippen LogP contribution in [0.4, 0.5) is 13.2 Å². The fourth-order valence-corrected chi connectivity index (χ4v) is 2.98. The van der Waals surface area contributed by atoms with Crippen LogP contribution in [0.5, 0.6) is 5.75 Å². The Balaban J connectivity index is 1.55. The monoisotopic (exact) mass is 448 g/mol. The number of benzene rings is 2. The molecule has 0 aliphatic heterocycles. The Kier molecular flexibility index (Phi) is 5.47. The molecule has 0 atom stereocenters. The van der Waals surface area contributed by atoms with E-state index in [4.69, 9.17) is 16.1 Å². The average Bonchev–Trinajstić information content (AvgIpc) is 3.18. The summed E-state index contributed by atoms with van der Waals surface area (Å²) in [7, 11) is 0. The molecule has 11 heteroatoms. The first kappa shape index (κ1) is 20.6. The number of hydrogen-bond donors (Lipinski definition) is 0. The van der Waals surface area contributed by atoms with Crippen LogP contribution in [-0.4, -0.2) is 26.3 Å². The van der Waals surface area contributed by atoms with Gasteiger partial charge in [-0.25, -0.2) is 4.68 Å². The topological polar surface area (TPSA) is 83.0 Å². The molecule has 4 rings (SSSR count). The minimum Gasteiger partial charge on any atom is -0.406 e. The SMILES string of the molecule is O=c1ccc(-c2ccccc2Cl)nn1Cc1nc(-c2ccc(OC(F)(F)F)cc2)no1. The van der Waals surface area contributed by atoms with Crippen LogP contribution in [0, 0.1) is 0 Å². The van der Waals surface area contributed by atoms with Gasteiger partial charge in [-0.1, -0.05) is 35.0 Å². The Morgan fingerprint density at radius 1 is 1.03 bits per heavy atom. The van der Waals surface area contributed by atoms with E-state index in [1.165, 1.54) is 18.2 Å². The molecule has 0 saturated heterocycles. The van der Waals surface area contributed by atoms with Crippen LogP contribution in [0.15, 0.2) is 70.0 Å². The molecule has 0 fully saturated rings. The molecule has 0 amide bonds. The molecule has 7 nitrogen and oxygen atoms in total. The zero-order chi connectivity index (χ0) is 22.0. The van der Waals surface area contributed by atoms with Crippen LogP contribution in [0.1, 0.15) is 5.89 Å². The highest BCUT2D eigenvalue weighted by Gasteiger charge is 2.31. The maximum atomic E-state index is 12.3. The van der Waals surface area contributed by atoms with Crippen molar-refractivity contribution in [2.75, 3.05) is 0 Å². The van der Waals surface area contributed by atoms with E-state index < -0.39 is 6.36 Å². The molecule has 2 aromatic heterocycles. The highest BCUT2D eigenvalue weighted by Crippen LogP contribution is 2.26. The van der Waals surface area contributed by atoms with Crippen molar-refractivity contribution in [1.29, 1.82) is 0 Å². The maximum Gasteiger partial charge on any atom is 0.573 e. The number of halogens is 4. The van der Waals surface area contributed by atoms with Gasteiger partial charge in [-0.3, -0.25) is 4.79 Å². The van der Waals surface area contributed by atoms with Gasteiger partial charge in [0.05, 0.1) is 10.7 Å². The Morgan fingerprint density at radius 2 is 1.77 bits per heavy atom. The quantitative estimate of drug-likeness (QED) is 0.445. The Bertz CT molecular complexity index is 1270. The van der Waals surface area contributed by atoms with E-state index in [0.717, 1.165) is 16.8 Å². The van der Waals surface area contributed by atoms with Gasteiger partial charge in [-0.15, -0.1) is 13.2 Å². The molecular formula is C20H12ClF3N4O3. The first-order valence-corrected chi connectivity index (χ1v) is 9.18. The summed E-state index contributed by atoms with van der Waals surface area (Å²) in [5.41, 5.74) is 1.18. The Hall–Kier alpha value is -3.66. The third-order valence-electron chi connectivity index (χ3n) is 4.12. The van der Waals surface area contributed by atoms with Crippen molar-refractivity contribution >= 4 is 11.6 Å². The summed E-state index contributed by atoms with van der Waals surface area (Å²) >= 11 is 6.19. The van der Waals surface area contributed by atoms with Gasteiger partial charge in [0.25, 0.3) is 5.56 Å². The number of nitrogens with zero attached hydrogens (tertiary/aromatic N) is 4. The first-order valence-electron chi connectivity index (χ1n) is 8.80. The first-order chi connectivity index (χ1) is 14.8. The normalized spacial score (nSPS) is 11.5. The maximum absolute atomic E-state index is 12.3. The van der Waals surface area contributed by atoms with E-state index in [1.807, 2.05) is 0 Å². The van der Waals surface area contributed by atoms with Crippen LogP contribution in [0.3, 0.4) is 0 Å². The summed E-state index contributed by atoms with van der Waals surface area (Å²) in [4.78, 5) is 16.4. The summed E-state index contributed by atoms with van der Waals surface area (Å²) in [5, 5.41) is 8.58. The van der Waals surface area contributed by atoms with Gasteiger partial charge >= 0.3 is 6.36 Å². The smallest absolute Gasteiger partial charge is 0.406 e. The summed E-state index contributed by atoms with van der Waals surface area (Å²) in [6.45, 7) is -0.0978. The van der Waals surface area contributed by atoms with Crippen molar-refractivity contribution in [3.8, 4) is 28.4 Å². The molecule has 0 radical (unpaired) electrons. The lowest BCUT2D eigenvalue weighted by Crippen LogP contribution is -2.23. The lowest BCUT2D eigenvalue weighted by Gasteiger charge is -2.08. The summed E-state index contributed by atoms with van der Waals surface area (Å²) < 4.78 is 46.9. The predicted molar refractivity (Wildman–Crippen MR) is 104 cm³/mol. The Labute approximate surface area is 177 Å². The average molecular weight is 449 g/mol. The number of rotatable bonds is 5. The second-order valence-electron chi connectivity index (χ2n) is 6.28. The minimum absolute atomic E-state index is 0.0940. The van der Waals surface area contributed by atoms with Crippen LogP contribution >= 0.6 is 11.6 Å². The lowest BCUT2D eigenvalue weighted by atomic mass is 10.1. The van der Waals surface area contributed by atoms with Crippen LogP contribution in [-0.2, 0) is 6.54 Å². The van der Waals surface area contributed by atoms with Gasteiger partial charge in [0.2, 0.25) is 11.7 Å². The molecule has 0 unspecified atom stereocenters. The van der Waals surface area contributed by atoms with Crippen molar-refractivity contribution in [3.63, 3.8) is 0 Å². The second kappa shape index (κ2) is 8.23. The van der Waals surface area contributed by atoms with Gasteiger partial charge in [0.15, 0.2) is 0 Å². The van der Waals surface area contributed by atoms with Gasteiger partial charge in [0, 0.05) is 17.2 Å². The highest BCUT2D eigenvalue weighted by atomic mass is 35.5. The molecule has 0 spiro atoms. The Morgan fingerprint density at radius 3 is 2.48 bits per heavy atom. The van der Waals surface area contributed by atoms with E-state index in [1.54, 1.807) is 30.3 Å². The van der Waals surface area contributed by atoms with E-state index >= 15 is 0 Å². The number of hydrogen-bond acceptors (Lipinski definition) is 6. The minimum atomic E-state index is -4.78. The molecule has 4 aromatic rings. The van der Waals surface area contributed by atoms with Crippen molar-refractivity contribution in [3.05, 3.63) is 81.9 Å². The third-order valence-corrected chi connectivity index (χ3v) is 4.45. The van der Waals surface area contributed by atoms with Crippen molar-refractivity contribution in [1.82, 2.24) is 19.9 Å². The van der Waals surface area contributed by atoms with Gasteiger partial charge in [-0.2, -0.15) is 10.1 Å². The lowest BCUT2D eigenvalue weighted by molar-refractivity contribution is -0.274. The summed E-state index contributed by atoms with van der Waals surface area (Å²) in [6, 6.07) is 15.0. The van der Waals surface area contributed by atoms with Gasteiger partial charge in [0.1, 0.15) is 12.3 Å². The molecule has 0 aliphatic carbocycles. The number of alkyl halides is 3. The molecule has 31 heavy (non-hydrogen) atoms. The molecule has 0 bridgehead atoms. The second-order valence-corrected chi connectivity index (χ2v) is 6.69. The molecule has 0 N–H and O–H groups in total. The van der Waals surface area contributed by atoms with Crippen molar-refractivity contribution in [2.45, 2.75) is 12.9 Å². The largest absolute Gasteiger partial charge is 0.573 e. The van der Waals surface area contributed by atoms with Crippen LogP contribution in [0.2, 0.25) is 5.02 Å². The molecule has 158 valence electrons. The fourth-order valence-electron chi connectivity index (χ4n) is 2.74. The highest BCUT2D eigenvalue weighted by molar-refractivity contribution is 6.33. The molecular weight excluding hydrogens is 437 g/mol. The third kappa shape index (κ3) is 4.92. The van der Waals surface area contributed by atoms with Gasteiger partial charge in [-0.05, 0) is 36.4 Å². The molecule has 0 aliphatic rings. The van der Waals surface area contributed by atoms with Gasteiger partial charge < -0.3 is 9.26 Å². The summed E-state index contributed by atoms with van der Waals surface area (Å²) in [5.74, 6) is -0.132. The predicted octanol–water partition coefficient (Wildman–Crippen LogP) is 4.56. The molecule has 2 aromatic carbocycles. The number of ether oxygens (including phenoxy) is 1. The van der Waals surface area contributed by atoms with Crippen molar-refractivity contribution < 1.29 is 22.4 Å². The van der Waals surface area contributed by atoms with Crippen molar-refractivity contribution in [2.24, 2.45) is 0 Å². The fraction of sp³-hybridized carbons (Fsp3) is 0.100. The van der Waals surface area contributed by atoms with E-state index in [0.29, 0.717) is 21.8 Å². The van der Waals surface area contributed by atoms with E-state index in [2.05, 4.69) is 20.0 Å². The molecule has 2 heterocycles. The van der Waals surface area contributed by atoms with E-state index in [-0.39, 0.29) is 29.6 Å². The van der Waals surface area contributed by atoms with E-state index in [9.17, 15) is 18.0 Å². The standard InChI is InChI=1S/C20H12ClF3N4O3/c21-15-4-2-1-3-14(15)16-9-10-18(29)28(26-16)11-17-25-19(27-31-17)12-5-7-13(8-6-12)30-20(22,23)24/h1-10H,11H2. The van der Waals surface area contributed by atoms with Crippen LogP contribution in [0.25, 0.3) is 22.6 Å². The summed E-state index contributed by atoms with van der Waals surface area (Å²) in [6.07, 6.45) is -4.78. The number of aromatic nitrogens is 4.